The van der Waals surface area contributed by atoms with Crippen molar-refractivity contribution in [1.82, 2.24) is 20.2 Å². The van der Waals surface area contributed by atoms with Crippen LogP contribution in [0.25, 0.3) is 45.7 Å². The first kappa shape index (κ1) is 21.9. The first-order valence-electron chi connectivity index (χ1n) is 10.5. The number of pyridine rings is 1. The van der Waals surface area contributed by atoms with Crippen LogP contribution in [0.1, 0.15) is 13.8 Å². The van der Waals surface area contributed by atoms with Crippen molar-refractivity contribution >= 4 is 29.4 Å². The number of rotatable bonds is 6. The highest BCUT2D eigenvalue weighted by atomic mass is 19.1. The molecule has 0 spiro atoms. The molecule has 4 rings (SSSR count). The van der Waals surface area contributed by atoms with E-state index < -0.39 is 0 Å². The summed E-state index contributed by atoms with van der Waals surface area (Å²) in [5.74, 6) is -0.279. The third-order valence-corrected chi connectivity index (χ3v) is 5.36. The van der Waals surface area contributed by atoms with E-state index in [2.05, 4.69) is 38.3 Å². The lowest BCUT2D eigenvalue weighted by atomic mass is 10.0. The maximum atomic E-state index is 13.8. The van der Waals surface area contributed by atoms with Gasteiger partial charge < -0.3 is 4.98 Å². The van der Waals surface area contributed by atoms with E-state index in [-0.39, 0.29) is 5.82 Å². The number of halogens is 1. The van der Waals surface area contributed by atoms with Gasteiger partial charge in [-0.1, -0.05) is 37.4 Å². The smallest absolute Gasteiger partial charge is 0.138 e. The minimum Gasteiger partial charge on any atom is -0.338 e. The second kappa shape index (κ2) is 9.44. The Morgan fingerprint density at radius 1 is 1.18 bits per heavy atom. The molecule has 0 amide bonds. The number of fused-ring (bicyclic) bond motifs is 1. The van der Waals surface area contributed by atoms with E-state index in [1.807, 2.05) is 50.3 Å². The van der Waals surface area contributed by atoms with Gasteiger partial charge in [-0.05, 0) is 66.5 Å². The second-order valence-electron chi connectivity index (χ2n) is 7.38. The summed E-state index contributed by atoms with van der Waals surface area (Å²) in [7, 11) is 0. The number of nitrogens with one attached hydrogen (secondary N) is 2. The molecule has 4 aromatic rings. The highest BCUT2D eigenvalue weighted by Gasteiger charge is 2.13. The van der Waals surface area contributed by atoms with Crippen LogP contribution in [0.2, 0.25) is 0 Å². The molecule has 0 aliphatic carbocycles. The Hall–Kier alpha value is -4.32. The molecular weight excluding hydrogens is 413 g/mol. The van der Waals surface area contributed by atoms with Crippen LogP contribution in [0.4, 0.5) is 4.39 Å². The standard InChI is InChI=1S/C27H24FN5/c1-5-18(16-29-7-3)17(4)13-23-24(6-2)32-33-26(23)25-15-22-21(11-12-30-27(22)31-25)19-9-8-10-20(28)14-19/h5-16,32H,3-4H2,1-2H3,(H,30,31)/b18-5+,23-13+,24-6+,29-16?. The lowest BCUT2D eigenvalue weighted by molar-refractivity contribution is 0.628. The molecule has 164 valence electrons. The fraction of sp³-hybridized carbons (Fsp3) is 0.0741. The Bertz CT molecular complexity index is 1530. The number of benzene rings is 1. The molecule has 3 heterocycles. The zero-order chi connectivity index (χ0) is 23.4. The van der Waals surface area contributed by atoms with Crippen LogP contribution in [-0.4, -0.2) is 26.4 Å². The SMILES string of the molecule is C=CN=C/C(=C\C)C(=C)/C=c1/c(-c2cc3c(-c4cccc(F)c4)ccnc3[nH]2)n[nH]/c1=C/C. The third-order valence-electron chi connectivity index (χ3n) is 5.36. The maximum absolute atomic E-state index is 13.8. The van der Waals surface area contributed by atoms with Crippen LogP contribution in [0.5, 0.6) is 0 Å². The summed E-state index contributed by atoms with van der Waals surface area (Å²) in [5.41, 5.74) is 5.60. The molecule has 0 atom stereocenters. The molecule has 0 bridgehead atoms. The van der Waals surface area contributed by atoms with Gasteiger partial charge in [-0.15, -0.1) is 0 Å². The van der Waals surface area contributed by atoms with Gasteiger partial charge in [-0.3, -0.25) is 10.1 Å². The minimum absolute atomic E-state index is 0.279. The van der Waals surface area contributed by atoms with Crippen molar-refractivity contribution in [2.24, 2.45) is 4.99 Å². The monoisotopic (exact) mass is 437 g/mol. The van der Waals surface area contributed by atoms with E-state index in [9.17, 15) is 4.39 Å². The highest BCUT2D eigenvalue weighted by Crippen LogP contribution is 2.30. The average molecular weight is 438 g/mol. The van der Waals surface area contributed by atoms with Crippen molar-refractivity contribution in [2.45, 2.75) is 13.8 Å². The van der Waals surface area contributed by atoms with Crippen LogP contribution in [-0.2, 0) is 0 Å². The van der Waals surface area contributed by atoms with Gasteiger partial charge in [-0.2, -0.15) is 5.10 Å². The van der Waals surface area contributed by atoms with Crippen LogP contribution in [0, 0.1) is 5.82 Å². The fourth-order valence-corrected chi connectivity index (χ4v) is 3.73. The van der Waals surface area contributed by atoms with Crippen LogP contribution >= 0.6 is 0 Å². The van der Waals surface area contributed by atoms with Gasteiger partial charge in [0.2, 0.25) is 0 Å². The second-order valence-corrected chi connectivity index (χ2v) is 7.38. The van der Waals surface area contributed by atoms with Crippen molar-refractivity contribution in [3.63, 3.8) is 0 Å². The summed E-state index contributed by atoms with van der Waals surface area (Å²) >= 11 is 0. The molecule has 0 saturated heterocycles. The quantitative estimate of drug-likeness (QED) is 0.327. The zero-order valence-corrected chi connectivity index (χ0v) is 18.6. The predicted molar refractivity (Wildman–Crippen MR) is 135 cm³/mol. The molecule has 0 fully saturated rings. The Balaban J connectivity index is 1.88. The Morgan fingerprint density at radius 3 is 2.76 bits per heavy atom. The number of aromatic nitrogens is 4. The summed E-state index contributed by atoms with van der Waals surface area (Å²) < 4.78 is 13.8. The van der Waals surface area contributed by atoms with Gasteiger partial charge >= 0.3 is 0 Å². The molecule has 0 unspecified atom stereocenters. The summed E-state index contributed by atoms with van der Waals surface area (Å²) in [6, 6.07) is 10.4. The zero-order valence-electron chi connectivity index (χ0n) is 18.6. The highest BCUT2D eigenvalue weighted by molar-refractivity contribution is 5.96. The Labute approximate surface area is 191 Å². The number of aromatic amines is 2. The third kappa shape index (κ3) is 4.36. The number of aliphatic imine (C=N–C) groups is 1. The minimum atomic E-state index is -0.279. The molecule has 33 heavy (non-hydrogen) atoms. The number of nitrogens with zero attached hydrogens (tertiary/aromatic N) is 3. The van der Waals surface area contributed by atoms with Crippen molar-refractivity contribution in [3.8, 4) is 22.5 Å². The summed E-state index contributed by atoms with van der Waals surface area (Å²) in [6.45, 7) is 11.7. The molecule has 0 saturated carbocycles. The van der Waals surface area contributed by atoms with E-state index in [1.165, 1.54) is 18.3 Å². The van der Waals surface area contributed by atoms with Crippen molar-refractivity contribution in [1.29, 1.82) is 0 Å². The van der Waals surface area contributed by atoms with Gasteiger partial charge in [0.05, 0.1) is 11.0 Å². The van der Waals surface area contributed by atoms with Crippen molar-refractivity contribution in [2.75, 3.05) is 0 Å². The lowest BCUT2D eigenvalue weighted by Gasteiger charge is -2.02. The Kier molecular flexibility index (Phi) is 6.26. The molecule has 2 N–H and O–H groups in total. The van der Waals surface area contributed by atoms with E-state index in [0.29, 0.717) is 5.65 Å². The largest absolute Gasteiger partial charge is 0.338 e. The van der Waals surface area contributed by atoms with Crippen LogP contribution < -0.4 is 10.6 Å². The van der Waals surface area contributed by atoms with Gasteiger partial charge in [0.25, 0.3) is 0 Å². The molecule has 0 aliphatic rings. The molecule has 0 radical (unpaired) electrons. The Morgan fingerprint density at radius 2 is 2.03 bits per heavy atom. The number of hydrogen-bond acceptors (Lipinski definition) is 3. The average Bonchev–Trinajstić information content (AvgIpc) is 3.43. The lowest BCUT2D eigenvalue weighted by Crippen LogP contribution is -2.23. The normalized spacial score (nSPS) is 13.4. The fourth-order valence-electron chi connectivity index (χ4n) is 3.73. The van der Waals surface area contributed by atoms with Crippen LogP contribution in [0.3, 0.4) is 0 Å². The first-order valence-corrected chi connectivity index (χ1v) is 10.5. The van der Waals surface area contributed by atoms with Crippen molar-refractivity contribution in [3.05, 3.63) is 95.6 Å². The number of H-pyrrole nitrogens is 2. The van der Waals surface area contributed by atoms with E-state index in [1.54, 1.807) is 18.5 Å². The molecule has 5 nitrogen and oxygen atoms in total. The molecule has 3 aromatic heterocycles. The predicted octanol–water partition coefficient (Wildman–Crippen LogP) is 5.06. The van der Waals surface area contributed by atoms with Gasteiger partial charge in [-0.25, -0.2) is 9.37 Å². The summed E-state index contributed by atoms with van der Waals surface area (Å²) in [4.78, 5) is 11.9. The molecular formula is C27H24FN5. The first-order chi connectivity index (χ1) is 16.0. The van der Waals surface area contributed by atoms with Gasteiger partial charge in [0, 0.05) is 29.2 Å². The van der Waals surface area contributed by atoms with Crippen LogP contribution in [0.15, 0.2) is 84.2 Å². The number of allylic oxidation sites excluding steroid dienone is 3. The summed E-state index contributed by atoms with van der Waals surface area (Å²) in [6.07, 6.45) is 10.8. The number of hydrogen-bond donors (Lipinski definition) is 2. The molecule has 0 aliphatic heterocycles. The van der Waals surface area contributed by atoms with E-state index >= 15 is 0 Å². The molecule has 6 heteroatoms. The van der Waals surface area contributed by atoms with Gasteiger partial charge in [0.1, 0.15) is 17.2 Å². The van der Waals surface area contributed by atoms with E-state index in [4.69, 9.17) is 0 Å². The molecule has 1 aromatic carbocycles. The van der Waals surface area contributed by atoms with Crippen molar-refractivity contribution < 1.29 is 4.39 Å². The summed E-state index contributed by atoms with van der Waals surface area (Å²) in [5, 5.41) is 10.3. The van der Waals surface area contributed by atoms with Gasteiger partial charge in [0.15, 0.2) is 0 Å². The topological polar surface area (TPSA) is 69.7 Å². The maximum Gasteiger partial charge on any atom is 0.138 e. The van der Waals surface area contributed by atoms with E-state index in [0.717, 1.165) is 49.6 Å².